The molecule has 2 atom stereocenters. The van der Waals surface area contributed by atoms with Gasteiger partial charge in [-0.25, -0.2) is 9.36 Å². The molecule has 8 nitrogen and oxygen atoms in total. The summed E-state index contributed by atoms with van der Waals surface area (Å²) in [6.07, 6.45) is 2.19. The van der Waals surface area contributed by atoms with Crippen molar-refractivity contribution < 1.29 is 23.9 Å². The van der Waals surface area contributed by atoms with E-state index in [1.165, 1.54) is 4.57 Å². The zero-order valence-corrected chi connectivity index (χ0v) is 23.3. The highest BCUT2D eigenvalue weighted by Crippen LogP contribution is 2.45. The van der Waals surface area contributed by atoms with Crippen LogP contribution < -0.4 is 0 Å². The number of likely N-dealkylation sites (N-methyl/N-ethyl adjacent to an activating group) is 1. The molecule has 4 rings (SSSR count). The molecule has 0 radical (unpaired) electrons. The van der Waals surface area contributed by atoms with Crippen molar-refractivity contribution >= 4 is 50.4 Å². The van der Waals surface area contributed by atoms with E-state index >= 15 is 0 Å². The molecular weight excluding hydrogens is 526 g/mol. The number of ether oxygens (including phenoxy) is 2. The van der Waals surface area contributed by atoms with Gasteiger partial charge in [0.15, 0.2) is 0 Å². The normalized spacial score (nSPS) is 19.5. The molecule has 2 aliphatic rings. The van der Waals surface area contributed by atoms with Gasteiger partial charge in [-0.15, -0.1) is 0 Å². The van der Waals surface area contributed by atoms with Crippen LogP contribution in [0.5, 0.6) is 0 Å². The van der Waals surface area contributed by atoms with E-state index in [4.69, 9.17) is 9.47 Å². The molecule has 2 aromatic rings. The van der Waals surface area contributed by atoms with Crippen molar-refractivity contribution in [1.29, 1.82) is 0 Å². The predicted octanol–water partition coefficient (Wildman–Crippen LogP) is 4.67. The van der Waals surface area contributed by atoms with Crippen LogP contribution in [-0.4, -0.2) is 71.9 Å². The van der Waals surface area contributed by atoms with E-state index in [9.17, 15) is 14.4 Å². The van der Waals surface area contributed by atoms with E-state index in [2.05, 4.69) is 33.0 Å². The van der Waals surface area contributed by atoms with Crippen LogP contribution in [0.3, 0.4) is 0 Å². The van der Waals surface area contributed by atoms with E-state index in [1.807, 2.05) is 37.9 Å². The van der Waals surface area contributed by atoms with Crippen molar-refractivity contribution in [2.45, 2.75) is 47.1 Å². The van der Waals surface area contributed by atoms with Crippen molar-refractivity contribution in [2.24, 2.45) is 11.3 Å². The Hall–Kier alpha value is -2.65. The summed E-state index contributed by atoms with van der Waals surface area (Å²) in [4.78, 5) is 42.4. The summed E-state index contributed by atoms with van der Waals surface area (Å²) in [5.74, 6) is -0.519. The molecule has 0 saturated heterocycles. The zero-order valence-electron chi connectivity index (χ0n) is 21.8. The van der Waals surface area contributed by atoms with Gasteiger partial charge in [0.25, 0.3) is 0 Å². The van der Waals surface area contributed by atoms with Gasteiger partial charge in [-0.1, -0.05) is 18.2 Å². The summed E-state index contributed by atoms with van der Waals surface area (Å²) in [6.45, 7) is 10.8. The van der Waals surface area contributed by atoms with Gasteiger partial charge in [0.05, 0.1) is 21.5 Å². The Balaban J connectivity index is 1.69. The molecule has 0 fully saturated rings. The van der Waals surface area contributed by atoms with Crippen LogP contribution in [0.4, 0.5) is 4.79 Å². The van der Waals surface area contributed by atoms with E-state index in [1.54, 1.807) is 20.8 Å². The lowest BCUT2D eigenvalue weighted by molar-refractivity contribution is -0.161. The summed E-state index contributed by atoms with van der Waals surface area (Å²) in [6, 6.07) is 5.94. The molecule has 1 aromatic carbocycles. The molecule has 194 valence electrons. The molecule has 0 bridgehead atoms. The van der Waals surface area contributed by atoms with Gasteiger partial charge in [-0.2, -0.15) is 0 Å². The van der Waals surface area contributed by atoms with Crippen molar-refractivity contribution in [3.8, 4) is 0 Å². The number of aromatic nitrogens is 1. The highest BCUT2D eigenvalue weighted by atomic mass is 79.9. The lowest BCUT2D eigenvalue weighted by Crippen LogP contribution is -2.47. The highest BCUT2D eigenvalue weighted by molar-refractivity contribution is 9.10. The molecule has 9 heteroatoms. The summed E-state index contributed by atoms with van der Waals surface area (Å²) in [7, 11) is 2.05. The Labute approximate surface area is 220 Å². The van der Waals surface area contributed by atoms with Crippen molar-refractivity contribution in [3.05, 3.63) is 40.0 Å². The third-order valence-corrected chi connectivity index (χ3v) is 7.89. The molecule has 0 spiro atoms. The lowest BCUT2D eigenvalue weighted by Gasteiger charge is -2.40. The SMILES string of the molecule is CCN(CC)C(=O)C1C=C2c3cccc4c3c(c(Br)n4C(=O)OCOC(=O)C(C)(C)C)CC2N(C)C1. The molecule has 0 N–H and O–H groups in total. The van der Waals surface area contributed by atoms with E-state index in [-0.39, 0.29) is 17.9 Å². The predicted molar refractivity (Wildman–Crippen MR) is 141 cm³/mol. The summed E-state index contributed by atoms with van der Waals surface area (Å²) in [5, 5.41) is 0.972. The zero-order chi connectivity index (χ0) is 26.4. The van der Waals surface area contributed by atoms with Crippen LogP contribution in [0.1, 0.15) is 45.7 Å². The number of hydrogen-bond donors (Lipinski definition) is 0. The summed E-state index contributed by atoms with van der Waals surface area (Å²) >= 11 is 3.64. The van der Waals surface area contributed by atoms with E-state index < -0.39 is 24.3 Å². The Morgan fingerprint density at radius 1 is 1.14 bits per heavy atom. The number of carbonyl (C=O) groups is 3. The van der Waals surface area contributed by atoms with Crippen molar-refractivity contribution in [1.82, 2.24) is 14.4 Å². The maximum Gasteiger partial charge on any atom is 0.422 e. The highest BCUT2D eigenvalue weighted by Gasteiger charge is 2.38. The average Bonchev–Trinajstić information content (AvgIpc) is 3.12. The largest absolute Gasteiger partial charge is 0.427 e. The molecule has 1 aliphatic heterocycles. The van der Waals surface area contributed by atoms with Gasteiger partial charge >= 0.3 is 12.1 Å². The van der Waals surface area contributed by atoms with Gasteiger partial charge in [-0.3, -0.25) is 14.5 Å². The smallest absolute Gasteiger partial charge is 0.422 e. The van der Waals surface area contributed by atoms with Gasteiger partial charge < -0.3 is 14.4 Å². The standard InChI is InChI=1S/C27H34BrN3O5/c1-7-30(8-2)24(32)16-12-18-17-10-9-11-20-22(17)19(13-21(18)29(6)14-16)23(28)31(20)26(34)36-15-35-25(33)27(3,4)5/h9-12,16,21H,7-8,13-15H2,1-6H3. The second-order valence-electron chi connectivity index (χ2n) is 10.4. The first-order valence-corrected chi connectivity index (χ1v) is 13.2. The number of benzene rings is 1. The quantitative estimate of drug-likeness (QED) is 0.391. The molecule has 1 aliphatic carbocycles. The van der Waals surface area contributed by atoms with Crippen LogP contribution in [0.2, 0.25) is 0 Å². The Bertz CT molecular complexity index is 1240. The third-order valence-electron chi connectivity index (χ3n) is 7.06. The second-order valence-corrected chi connectivity index (χ2v) is 11.2. The van der Waals surface area contributed by atoms with Crippen LogP contribution in [-0.2, 0) is 25.5 Å². The van der Waals surface area contributed by atoms with Crippen molar-refractivity contribution in [3.63, 3.8) is 0 Å². The number of rotatable bonds is 5. The molecule has 0 saturated carbocycles. The maximum absolute atomic E-state index is 13.2. The number of esters is 1. The first-order valence-electron chi connectivity index (χ1n) is 12.4. The molecule has 2 heterocycles. The number of fused-ring (bicyclic) bond motifs is 2. The Morgan fingerprint density at radius 3 is 2.47 bits per heavy atom. The minimum Gasteiger partial charge on any atom is -0.427 e. The van der Waals surface area contributed by atoms with Gasteiger partial charge in [0.2, 0.25) is 12.7 Å². The Kier molecular flexibility index (Phi) is 7.35. The lowest BCUT2D eigenvalue weighted by atomic mass is 9.79. The van der Waals surface area contributed by atoms with Crippen LogP contribution in [0, 0.1) is 11.3 Å². The van der Waals surface area contributed by atoms with Gasteiger partial charge in [0.1, 0.15) is 0 Å². The topological polar surface area (TPSA) is 81.1 Å². The summed E-state index contributed by atoms with van der Waals surface area (Å²) in [5.41, 5.74) is 3.18. The molecule has 36 heavy (non-hydrogen) atoms. The molecule has 1 amide bonds. The van der Waals surface area contributed by atoms with E-state index in [0.29, 0.717) is 36.2 Å². The first-order chi connectivity index (χ1) is 17.0. The van der Waals surface area contributed by atoms with Gasteiger partial charge in [0, 0.05) is 31.1 Å². The van der Waals surface area contributed by atoms with Crippen LogP contribution in [0.25, 0.3) is 16.5 Å². The maximum atomic E-state index is 13.2. The molecule has 1 aromatic heterocycles. The van der Waals surface area contributed by atoms with Gasteiger partial charge in [-0.05, 0) is 86.8 Å². The molecule has 2 unspecified atom stereocenters. The fraction of sp³-hybridized carbons (Fsp3) is 0.519. The average molecular weight is 560 g/mol. The van der Waals surface area contributed by atoms with Crippen LogP contribution in [0.15, 0.2) is 28.9 Å². The van der Waals surface area contributed by atoms with E-state index in [0.717, 1.165) is 22.1 Å². The first kappa shape index (κ1) is 26.4. The number of amides is 1. The second kappa shape index (κ2) is 10.0. The fourth-order valence-corrected chi connectivity index (χ4v) is 5.81. The minimum absolute atomic E-state index is 0.0970. The number of carbonyl (C=O) groups excluding carboxylic acids is 3. The van der Waals surface area contributed by atoms with Crippen LogP contribution >= 0.6 is 15.9 Å². The summed E-state index contributed by atoms with van der Waals surface area (Å²) < 4.78 is 12.5. The monoisotopic (exact) mass is 559 g/mol. The fourth-order valence-electron chi connectivity index (χ4n) is 5.11. The molecular formula is C27H34BrN3O5. The van der Waals surface area contributed by atoms with Crippen molar-refractivity contribution in [2.75, 3.05) is 33.5 Å². The number of halogens is 1. The minimum atomic E-state index is -0.686. The number of hydrogen-bond acceptors (Lipinski definition) is 6. The number of nitrogens with zero attached hydrogens (tertiary/aromatic N) is 3. The third kappa shape index (κ3) is 4.59. The Morgan fingerprint density at radius 2 is 1.83 bits per heavy atom.